The minimum Gasteiger partial charge on any atom is -0.480 e. The van der Waals surface area contributed by atoms with Gasteiger partial charge in [-0.2, -0.15) is 9.78 Å². The second-order valence-corrected chi connectivity index (χ2v) is 5.85. The Kier molecular flexibility index (Phi) is 4.16. The number of rotatable bonds is 4. The molecule has 7 heteroatoms. The molecular formula is C17H17N3O4. The van der Waals surface area contributed by atoms with E-state index in [2.05, 4.69) is 10.4 Å². The van der Waals surface area contributed by atoms with Gasteiger partial charge < -0.3 is 10.4 Å². The maximum Gasteiger partial charge on any atom is 0.329 e. The Hall–Kier alpha value is -2.96. The van der Waals surface area contributed by atoms with Crippen LogP contribution in [-0.2, 0) is 4.79 Å². The molecule has 1 fully saturated rings. The number of benzene rings is 1. The second kappa shape index (κ2) is 6.27. The second-order valence-electron chi connectivity index (χ2n) is 5.85. The largest absolute Gasteiger partial charge is 0.480 e. The lowest BCUT2D eigenvalue weighted by molar-refractivity contribution is -0.144. The molecule has 24 heavy (non-hydrogen) atoms. The highest BCUT2D eigenvalue weighted by Gasteiger charge is 2.43. The number of hydrogen-bond donors (Lipinski definition) is 2. The van der Waals surface area contributed by atoms with Crippen molar-refractivity contribution in [1.29, 1.82) is 0 Å². The number of hydrogen-bond acceptors (Lipinski definition) is 4. The van der Waals surface area contributed by atoms with Crippen molar-refractivity contribution in [1.82, 2.24) is 15.1 Å². The minimum atomic E-state index is -1.24. The van der Waals surface area contributed by atoms with Gasteiger partial charge in [0.25, 0.3) is 11.5 Å². The Morgan fingerprint density at radius 2 is 1.75 bits per heavy atom. The number of carbonyl (C=O) groups is 2. The van der Waals surface area contributed by atoms with Crippen LogP contribution in [0.4, 0.5) is 0 Å². The van der Waals surface area contributed by atoms with E-state index in [9.17, 15) is 19.5 Å². The summed E-state index contributed by atoms with van der Waals surface area (Å²) in [6.45, 7) is 0. The molecule has 2 aromatic rings. The van der Waals surface area contributed by atoms with Crippen LogP contribution >= 0.6 is 0 Å². The highest BCUT2D eigenvalue weighted by molar-refractivity contribution is 5.96. The summed E-state index contributed by atoms with van der Waals surface area (Å²) in [5.74, 6) is -1.63. The highest BCUT2D eigenvalue weighted by atomic mass is 16.4. The fraction of sp³-hybridized carbons (Fsp3) is 0.294. The molecule has 1 aliphatic carbocycles. The van der Waals surface area contributed by atoms with Crippen LogP contribution in [0.25, 0.3) is 5.69 Å². The summed E-state index contributed by atoms with van der Waals surface area (Å²) in [6, 6.07) is 11.3. The van der Waals surface area contributed by atoms with Crippen molar-refractivity contribution in [2.75, 3.05) is 0 Å². The third kappa shape index (κ3) is 2.92. The zero-order chi connectivity index (χ0) is 17.2. The quantitative estimate of drug-likeness (QED) is 0.883. The Morgan fingerprint density at radius 1 is 1.08 bits per heavy atom. The van der Waals surface area contributed by atoms with E-state index in [1.165, 1.54) is 12.1 Å². The first-order chi connectivity index (χ1) is 11.5. The molecule has 0 spiro atoms. The van der Waals surface area contributed by atoms with Crippen molar-refractivity contribution in [2.24, 2.45) is 0 Å². The zero-order valence-corrected chi connectivity index (χ0v) is 12.9. The number of aliphatic carboxylic acids is 1. The first-order valence-corrected chi connectivity index (χ1v) is 7.74. The van der Waals surface area contributed by atoms with E-state index in [0.29, 0.717) is 18.5 Å². The predicted octanol–water partition coefficient (Wildman–Crippen LogP) is 1.36. The Labute approximate surface area is 137 Å². The van der Waals surface area contributed by atoms with E-state index in [4.69, 9.17) is 0 Å². The van der Waals surface area contributed by atoms with Crippen LogP contribution in [0.2, 0.25) is 0 Å². The average Bonchev–Trinajstić information content (AvgIpc) is 3.06. The predicted molar refractivity (Wildman–Crippen MR) is 86.1 cm³/mol. The molecule has 0 aliphatic heterocycles. The molecule has 0 radical (unpaired) electrons. The molecule has 7 nitrogen and oxygen atoms in total. The monoisotopic (exact) mass is 327 g/mol. The van der Waals surface area contributed by atoms with Crippen molar-refractivity contribution in [3.8, 4) is 5.69 Å². The topological polar surface area (TPSA) is 101 Å². The number of nitrogens with zero attached hydrogens (tertiary/aromatic N) is 2. The zero-order valence-electron chi connectivity index (χ0n) is 12.9. The van der Waals surface area contributed by atoms with E-state index in [0.717, 1.165) is 17.5 Å². The number of nitrogens with one attached hydrogen (secondary N) is 1. The van der Waals surface area contributed by atoms with Gasteiger partial charge in [-0.3, -0.25) is 9.59 Å². The van der Waals surface area contributed by atoms with Gasteiger partial charge in [-0.15, -0.1) is 0 Å². The van der Waals surface area contributed by atoms with Gasteiger partial charge in [0.1, 0.15) is 11.2 Å². The Bertz CT molecular complexity index is 823. The highest BCUT2D eigenvalue weighted by Crippen LogP contribution is 2.30. The van der Waals surface area contributed by atoms with Gasteiger partial charge in [0, 0.05) is 6.07 Å². The summed E-state index contributed by atoms with van der Waals surface area (Å²) < 4.78 is 1.12. The van der Waals surface area contributed by atoms with Crippen LogP contribution in [0.1, 0.15) is 36.2 Å². The van der Waals surface area contributed by atoms with E-state index < -0.39 is 17.4 Å². The van der Waals surface area contributed by atoms with Crippen molar-refractivity contribution in [3.05, 3.63) is 58.5 Å². The SMILES string of the molecule is O=C(NC1(C(=O)O)CCCC1)c1ccc(=O)n(-c2ccccc2)n1. The summed E-state index contributed by atoms with van der Waals surface area (Å²) in [5, 5.41) is 16.1. The van der Waals surface area contributed by atoms with Crippen molar-refractivity contribution >= 4 is 11.9 Å². The standard InChI is InChI=1S/C17H17N3O4/c21-14-9-8-13(19-20(14)12-6-2-1-3-7-12)15(22)18-17(16(23)24)10-4-5-11-17/h1-3,6-9H,4-5,10-11H2,(H,18,22)(H,23,24). The lowest BCUT2D eigenvalue weighted by Crippen LogP contribution is -2.52. The molecule has 3 rings (SSSR count). The number of para-hydroxylation sites is 1. The first kappa shape index (κ1) is 15.9. The van der Waals surface area contributed by atoms with E-state index in [-0.39, 0.29) is 11.3 Å². The van der Waals surface area contributed by atoms with E-state index in [1.54, 1.807) is 24.3 Å². The molecule has 1 saturated carbocycles. The van der Waals surface area contributed by atoms with Crippen LogP contribution in [0.5, 0.6) is 0 Å². The normalized spacial score (nSPS) is 15.8. The fourth-order valence-corrected chi connectivity index (χ4v) is 2.94. The van der Waals surface area contributed by atoms with Gasteiger partial charge in [-0.1, -0.05) is 31.0 Å². The molecule has 1 aromatic heterocycles. The summed E-state index contributed by atoms with van der Waals surface area (Å²) in [4.78, 5) is 36.0. The smallest absolute Gasteiger partial charge is 0.329 e. The molecule has 0 bridgehead atoms. The molecule has 1 aliphatic rings. The lowest BCUT2D eigenvalue weighted by atomic mass is 9.97. The van der Waals surface area contributed by atoms with Crippen molar-refractivity contribution < 1.29 is 14.7 Å². The third-order valence-corrected chi connectivity index (χ3v) is 4.25. The number of carboxylic acid groups (broad SMARTS) is 1. The van der Waals surface area contributed by atoms with Gasteiger partial charge in [0.2, 0.25) is 0 Å². The summed E-state index contributed by atoms with van der Waals surface area (Å²) in [5.41, 5.74) is -1.07. The van der Waals surface area contributed by atoms with Gasteiger partial charge >= 0.3 is 5.97 Å². The maximum atomic E-state index is 12.5. The Balaban J connectivity index is 1.91. The van der Waals surface area contributed by atoms with Crippen LogP contribution in [0, 0.1) is 0 Å². The molecule has 0 atom stereocenters. The number of amides is 1. The number of aromatic nitrogens is 2. The maximum absolute atomic E-state index is 12.5. The van der Waals surface area contributed by atoms with Crippen LogP contribution in [-0.4, -0.2) is 32.3 Å². The molecular weight excluding hydrogens is 310 g/mol. The summed E-state index contributed by atoms with van der Waals surface area (Å²) in [6.07, 6.45) is 2.30. The number of carbonyl (C=O) groups excluding carboxylic acids is 1. The molecule has 124 valence electrons. The van der Waals surface area contributed by atoms with Crippen molar-refractivity contribution in [2.45, 2.75) is 31.2 Å². The fourth-order valence-electron chi connectivity index (χ4n) is 2.94. The van der Waals surface area contributed by atoms with E-state index in [1.807, 2.05) is 6.07 Å². The molecule has 0 unspecified atom stereocenters. The molecule has 1 amide bonds. The third-order valence-electron chi connectivity index (χ3n) is 4.25. The first-order valence-electron chi connectivity index (χ1n) is 7.74. The number of carboxylic acids is 1. The summed E-state index contributed by atoms with van der Waals surface area (Å²) in [7, 11) is 0. The van der Waals surface area contributed by atoms with Gasteiger partial charge in [-0.25, -0.2) is 4.79 Å². The van der Waals surface area contributed by atoms with Crippen LogP contribution in [0.15, 0.2) is 47.3 Å². The molecule has 2 N–H and O–H groups in total. The summed E-state index contributed by atoms with van der Waals surface area (Å²) >= 11 is 0. The van der Waals surface area contributed by atoms with Gasteiger partial charge in [0.05, 0.1) is 5.69 Å². The van der Waals surface area contributed by atoms with Crippen molar-refractivity contribution in [3.63, 3.8) is 0 Å². The van der Waals surface area contributed by atoms with E-state index >= 15 is 0 Å². The van der Waals surface area contributed by atoms with Crippen LogP contribution < -0.4 is 10.9 Å². The van der Waals surface area contributed by atoms with Gasteiger partial charge in [0.15, 0.2) is 0 Å². The molecule has 1 aromatic carbocycles. The minimum absolute atomic E-state index is 0.00554. The average molecular weight is 327 g/mol. The Morgan fingerprint density at radius 3 is 2.38 bits per heavy atom. The lowest BCUT2D eigenvalue weighted by Gasteiger charge is -2.25. The van der Waals surface area contributed by atoms with Gasteiger partial charge in [-0.05, 0) is 31.0 Å². The molecule has 1 heterocycles. The molecule has 0 saturated heterocycles. The van der Waals surface area contributed by atoms with Crippen LogP contribution in [0.3, 0.4) is 0 Å².